The van der Waals surface area contributed by atoms with Gasteiger partial charge in [0.25, 0.3) is 0 Å². The molecule has 134 valence electrons. The van der Waals surface area contributed by atoms with Crippen LogP contribution in [-0.4, -0.2) is 4.75 Å². The fourth-order valence-electron chi connectivity index (χ4n) is 16.2. The molecular formula is C26H24S. The van der Waals surface area contributed by atoms with E-state index in [0.29, 0.717) is 0 Å². The van der Waals surface area contributed by atoms with Crippen LogP contribution < -0.4 is 0 Å². The highest BCUT2D eigenvalue weighted by Gasteiger charge is 3.02. The van der Waals surface area contributed by atoms with Crippen LogP contribution in [0.3, 0.4) is 0 Å². The highest BCUT2D eigenvalue weighted by Crippen LogP contribution is 3.04. The Morgan fingerprint density at radius 1 is 0.444 bits per heavy atom. The third-order valence-corrected chi connectivity index (χ3v) is 16.1. The van der Waals surface area contributed by atoms with E-state index in [0.717, 1.165) is 4.75 Å². The van der Waals surface area contributed by atoms with Crippen LogP contribution in [0.2, 0.25) is 0 Å². The Bertz CT molecular complexity index is 884. The molecule has 0 heterocycles. The predicted molar refractivity (Wildman–Crippen MR) is 101 cm³/mol. The zero-order valence-corrected chi connectivity index (χ0v) is 16.1. The van der Waals surface area contributed by atoms with Gasteiger partial charge in [-0.25, -0.2) is 0 Å². The molecule has 0 aromatic heterocycles. The molecule has 13 rings (SSSR count). The van der Waals surface area contributed by atoms with Crippen LogP contribution in [0.4, 0.5) is 0 Å². The van der Waals surface area contributed by atoms with E-state index in [1.807, 2.05) is 0 Å². The summed E-state index contributed by atoms with van der Waals surface area (Å²) in [5.41, 5.74) is 0. The molecule has 0 N–H and O–H groups in total. The molecule has 12 saturated carbocycles. The van der Waals surface area contributed by atoms with Crippen molar-refractivity contribution in [3.63, 3.8) is 0 Å². The molecule has 27 heavy (non-hydrogen) atoms. The first-order chi connectivity index (χ1) is 13.4. The SMILES string of the molecule is c1ccc(SC23C4[C@@H]5[C@@H]6C7C8C9[C@@H]%10[C@@H]7[C@@H]5C2[C@@H]%10[C@@H]2C3[C@H]3[C@@H](C8[C@@H]6[C@@H]43)[C@H]92)cc1. The number of hydrogen-bond acceptors (Lipinski definition) is 1. The average Bonchev–Trinajstić information content (AvgIpc) is 3.40. The van der Waals surface area contributed by atoms with Gasteiger partial charge in [0, 0.05) is 9.64 Å². The summed E-state index contributed by atoms with van der Waals surface area (Å²) in [6, 6.07) is 11.8. The molecule has 0 saturated heterocycles. The second-order valence-corrected chi connectivity index (χ2v) is 14.5. The van der Waals surface area contributed by atoms with Gasteiger partial charge in [-0.3, -0.25) is 0 Å². The van der Waals surface area contributed by atoms with Crippen molar-refractivity contribution >= 4 is 11.8 Å². The van der Waals surface area contributed by atoms with E-state index in [1.54, 1.807) is 4.90 Å². The van der Waals surface area contributed by atoms with Crippen molar-refractivity contribution in [2.24, 2.45) is 112 Å². The summed E-state index contributed by atoms with van der Waals surface area (Å²) in [5, 5.41) is 0. The fourth-order valence-corrected chi connectivity index (χ4v) is 18.3. The molecule has 0 radical (unpaired) electrons. The predicted octanol–water partition coefficient (Wildman–Crippen LogP) is 4.37. The van der Waals surface area contributed by atoms with Gasteiger partial charge >= 0.3 is 0 Å². The normalized spacial score (nSPS) is 85.7. The van der Waals surface area contributed by atoms with Crippen LogP contribution in [0.15, 0.2) is 35.2 Å². The van der Waals surface area contributed by atoms with E-state index in [9.17, 15) is 0 Å². The maximum Gasteiger partial charge on any atom is 0.0308 e. The summed E-state index contributed by atoms with van der Waals surface area (Å²) in [6.45, 7) is 0. The van der Waals surface area contributed by atoms with Gasteiger partial charge in [0.2, 0.25) is 0 Å². The quantitative estimate of drug-likeness (QED) is 0.747. The molecule has 0 nitrogen and oxygen atoms in total. The summed E-state index contributed by atoms with van der Waals surface area (Å²) in [5.74, 6) is 23.5. The largest absolute Gasteiger partial charge is 0.118 e. The van der Waals surface area contributed by atoms with E-state index in [2.05, 4.69) is 42.1 Å². The second-order valence-electron chi connectivity index (χ2n) is 13.1. The second kappa shape index (κ2) is 3.01. The van der Waals surface area contributed by atoms with Crippen molar-refractivity contribution in [3.8, 4) is 0 Å². The van der Waals surface area contributed by atoms with Crippen molar-refractivity contribution < 1.29 is 0 Å². The molecule has 0 aliphatic heterocycles. The number of hydrogen-bond donors (Lipinski definition) is 0. The lowest BCUT2D eigenvalue weighted by Crippen LogP contribution is -2.39. The van der Waals surface area contributed by atoms with E-state index < -0.39 is 0 Å². The molecule has 12 fully saturated rings. The molecule has 12 aliphatic carbocycles. The lowest BCUT2D eigenvalue weighted by Gasteiger charge is -2.39. The maximum absolute atomic E-state index is 2.48. The van der Waals surface area contributed by atoms with Gasteiger partial charge in [-0.05, 0) is 125 Å². The van der Waals surface area contributed by atoms with Gasteiger partial charge in [0.05, 0.1) is 0 Å². The van der Waals surface area contributed by atoms with Crippen molar-refractivity contribution in [2.75, 3.05) is 0 Å². The number of benzene rings is 1. The van der Waals surface area contributed by atoms with E-state index in [4.69, 9.17) is 0 Å². The first kappa shape index (κ1) is 12.3. The van der Waals surface area contributed by atoms with Gasteiger partial charge < -0.3 is 0 Å². The van der Waals surface area contributed by atoms with Crippen LogP contribution in [0.1, 0.15) is 0 Å². The zero-order chi connectivity index (χ0) is 16.3. The van der Waals surface area contributed by atoms with E-state index in [1.165, 1.54) is 112 Å². The smallest absolute Gasteiger partial charge is 0.0308 e. The summed E-state index contributed by atoms with van der Waals surface area (Å²) in [7, 11) is 0. The Hall–Kier alpha value is -0.430. The van der Waals surface area contributed by atoms with Crippen LogP contribution in [0.25, 0.3) is 0 Å². The van der Waals surface area contributed by atoms with Crippen LogP contribution in [0.5, 0.6) is 0 Å². The van der Waals surface area contributed by atoms with Gasteiger partial charge in [0.1, 0.15) is 0 Å². The zero-order valence-electron chi connectivity index (χ0n) is 15.3. The minimum atomic E-state index is 0.722. The van der Waals surface area contributed by atoms with Gasteiger partial charge in [-0.2, -0.15) is 0 Å². The monoisotopic (exact) mass is 368 g/mol. The standard InChI is InChI=1S/C26H24S/c1-2-4-6(5-3-1)27-26-23-17-11-8-7-9-13(11)19(23)21-15(9)16-10(7)14-12(8)18(17)24(26)20(14)22(16)25(21)26/h1-5,7-25H/t7?,8?,9?,10?,11-,12-,13-,14+,15+,16+,17-,18+,19+,20+,21-,22-,23?,24?,25?,26?/m0/s1. The first-order valence-electron chi connectivity index (χ1n) is 12.2. The van der Waals surface area contributed by atoms with Gasteiger partial charge in [0.15, 0.2) is 0 Å². The maximum atomic E-state index is 2.48. The number of rotatable bonds is 2. The lowest BCUT2D eigenvalue weighted by molar-refractivity contribution is 0.198. The molecule has 1 heteroatoms. The minimum Gasteiger partial charge on any atom is -0.118 e. The molecule has 0 bridgehead atoms. The molecule has 8 unspecified atom stereocenters. The Balaban J connectivity index is 1.24. The summed E-state index contributed by atoms with van der Waals surface area (Å²) >= 11 is 2.48. The highest BCUT2D eigenvalue weighted by molar-refractivity contribution is 8.00. The van der Waals surface area contributed by atoms with Crippen LogP contribution in [0, 0.1) is 112 Å². The van der Waals surface area contributed by atoms with Crippen LogP contribution in [-0.2, 0) is 0 Å². The van der Waals surface area contributed by atoms with Crippen LogP contribution >= 0.6 is 11.8 Å². The molecule has 12 aliphatic rings. The topological polar surface area (TPSA) is 0 Å². The van der Waals surface area contributed by atoms with Crippen molar-refractivity contribution in [2.45, 2.75) is 9.64 Å². The third kappa shape index (κ3) is 0.740. The summed E-state index contributed by atoms with van der Waals surface area (Å²) in [4.78, 5) is 1.63. The minimum absolute atomic E-state index is 0.722. The Morgan fingerprint density at radius 3 is 1.15 bits per heavy atom. The molecule has 0 spiro atoms. The van der Waals surface area contributed by atoms with Crippen molar-refractivity contribution in [1.29, 1.82) is 0 Å². The van der Waals surface area contributed by atoms with Crippen molar-refractivity contribution in [3.05, 3.63) is 30.3 Å². The van der Waals surface area contributed by atoms with E-state index >= 15 is 0 Å². The summed E-state index contributed by atoms with van der Waals surface area (Å²) < 4.78 is 0.722. The Morgan fingerprint density at radius 2 is 0.778 bits per heavy atom. The fraction of sp³-hybridized carbons (Fsp3) is 0.769. The molecule has 1 aromatic carbocycles. The molecular weight excluding hydrogens is 344 g/mol. The number of thioether (sulfide) groups is 1. The highest BCUT2D eigenvalue weighted by atomic mass is 32.2. The molecule has 1 aromatic rings. The Labute approximate surface area is 164 Å². The van der Waals surface area contributed by atoms with Gasteiger partial charge in [-0.15, -0.1) is 11.8 Å². The first-order valence-corrected chi connectivity index (χ1v) is 13.0. The lowest BCUT2D eigenvalue weighted by atomic mass is 9.77. The van der Waals surface area contributed by atoms with E-state index in [-0.39, 0.29) is 0 Å². The average molecular weight is 369 g/mol. The van der Waals surface area contributed by atoms with Gasteiger partial charge in [-0.1, -0.05) is 18.2 Å². The Kier molecular flexibility index (Phi) is 1.37. The molecule has 0 amide bonds. The molecule has 20 atom stereocenters. The summed E-state index contributed by atoms with van der Waals surface area (Å²) in [6.07, 6.45) is 0. The van der Waals surface area contributed by atoms with Crippen molar-refractivity contribution in [1.82, 2.24) is 0 Å². The third-order valence-electron chi connectivity index (χ3n) is 14.4.